The first kappa shape index (κ1) is 12.5. The molecule has 2 rings (SSSR count). The Morgan fingerprint density at radius 1 is 1.42 bits per heavy atom. The largest absolute Gasteiger partial charge is 0.495 e. The Kier molecular flexibility index (Phi) is 3.69. The average molecular weight is 254 g/mol. The van der Waals surface area contributed by atoms with E-state index in [0.717, 1.165) is 0 Å². The van der Waals surface area contributed by atoms with Crippen molar-refractivity contribution in [2.45, 2.75) is 0 Å². The average Bonchev–Trinajstić information content (AvgIpc) is 2.48. The smallest absolute Gasteiger partial charge is 0.274 e. The summed E-state index contributed by atoms with van der Waals surface area (Å²) in [5.74, 6) is -0.00939. The molecule has 0 atom stereocenters. The molecule has 1 N–H and O–H groups in total. The zero-order chi connectivity index (χ0) is 13.7. The van der Waals surface area contributed by atoms with Crippen LogP contribution in [-0.2, 0) is 0 Å². The molecule has 1 heterocycles. The van der Waals surface area contributed by atoms with Crippen LogP contribution in [0.25, 0.3) is 0 Å². The van der Waals surface area contributed by atoms with Gasteiger partial charge in [-0.25, -0.2) is 9.97 Å². The van der Waals surface area contributed by atoms with Crippen LogP contribution in [-0.4, -0.2) is 23.0 Å². The van der Waals surface area contributed by atoms with E-state index in [4.69, 9.17) is 10.00 Å². The van der Waals surface area contributed by atoms with Crippen molar-refractivity contribution in [3.05, 3.63) is 48.0 Å². The topological polar surface area (TPSA) is 87.9 Å². The second kappa shape index (κ2) is 5.60. The van der Waals surface area contributed by atoms with Crippen molar-refractivity contribution >= 4 is 11.6 Å². The molecule has 19 heavy (non-hydrogen) atoms. The van der Waals surface area contributed by atoms with Gasteiger partial charge in [-0.05, 0) is 18.2 Å². The Balaban J connectivity index is 2.34. The highest BCUT2D eigenvalue weighted by atomic mass is 16.5. The van der Waals surface area contributed by atoms with E-state index in [9.17, 15) is 4.79 Å². The molecule has 0 aliphatic carbocycles. The molecule has 0 saturated heterocycles. The first-order valence-corrected chi connectivity index (χ1v) is 5.40. The SMILES string of the molecule is COc1cccc(C#N)c1NC(=O)c1ccncn1. The van der Waals surface area contributed by atoms with E-state index < -0.39 is 5.91 Å². The van der Waals surface area contributed by atoms with Crippen LogP contribution in [0, 0.1) is 11.3 Å². The number of methoxy groups -OCH3 is 1. The molecule has 0 spiro atoms. The normalized spacial score (nSPS) is 9.47. The minimum Gasteiger partial charge on any atom is -0.495 e. The minimum absolute atomic E-state index is 0.213. The number of carbonyl (C=O) groups is 1. The predicted octanol–water partition coefficient (Wildman–Crippen LogP) is 1.61. The fourth-order valence-electron chi connectivity index (χ4n) is 1.53. The molecule has 94 valence electrons. The van der Waals surface area contributed by atoms with E-state index in [-0.39, 0.29) is 5.69 Å². The number of hydrogen-bond acceptors (Lipinski definition) is 5. The molecule has 6 nitrogen and oxygen atoms in total. The van der Waals surface area contributed by atoms with Gasteiger partial charge in [0.25, 0.3) is 5.91 Å². The van der Waals surface area contributed by atoms with E-state index in [2.05, 4.69) is 15.3 Å². The van der Waals surface area contributed by atoms with Gasteiger partial charge < -0.3 is 10.1 Å². The third-order valence-corrected chi connectivity index (χ3v) is 2.42. The Bertz CT molecular complexity index is 635. The lowest BCUT2D eigenvalue weighted by Gasteiger charge is -2.11. The Labute approximate surface area is 109 Å². The van der Waals surface area contributed by atoms with E-state index in [1.54, 1.807) is 18.2 Å². The van der Waals surface area contributed by atoms with Crippen LogP contribution in [0.3, 0.4) is 0 Å². The second-order valence-electron chi connectivity index (χ2n) is 3.54. The summed E-state index contributed by atoms with van der Waals surface area (Å²) >= 11 is 0. The molecule has 0 bridgehead atoms. The lowest BCUT2D eigenvalue weighted by Crippen LogP contribution is -2.15. The molecule has 0 radical (unpaired) electrons. The summed E-state index contributed by atoms with van der Waals surface area (Å²) in [5, 5.41) is 11.7. The molecule has 2 aromatic rings. The van der Waals surface area contributed by atoms with Gasteiger partial charge in [0.05, 0.1) is 12.7 Å². The third kappa shape index (κ3) is 2.66. The molecule has 1 aromatic heterocycles. The highest BCUT2D eigenvalue weighted by Gasteiger charge is 2.14. The van der Waals surface area contributed by atoms with Crippen molar-refractivity contribution in [3.63, 3.8) is 0 Å². The first-order valence-electron chi connectivity index (χ1n) is 5.40. The van der Waals surface area contributed by atoms with Crippen molar-refractivity contribution in [2.75, 3.05) is 12.4 Å². The van der Waals surface area contributed by atoms with Crippen molar-refractivity contribution in [2.24, 2.45) is 0 Å². The monoisotopic (exact) mass is 254 g/mol. The second-order valence-corrected chi connectivity index (χ2v) is 3.54. The number of ether oxygens (including phenoxy) is 1. The quantitative estimate of drug-likeness (QED) is 0.898. The van der Waals surface area contributed by atoms with E-state index in [1.165, 1.54) is 25.7 Å². The number of benzene rings is 1. The lowest BCUT2D eigenvalue weighted by atomic mass is 10.1. The van der Waals surface area contributed by atoms with Crippen molar-refractivity contribution < 1.29 is 9.53 Å². The molecular formula is C13H10N4O2. The number of rotatable bonds is 3. The number of carbonyl (C=O) groups excluding carboxylic acids is 1. The van der Waals surface area contributed by atoms with Crippen LogP contribution >= 0.6 is 0 Å². The number of nitrogens with one attached hydrogen (secondary N) is 1. The van der Waals surface area contributed by atoms with Gasteiger partial charge in [-0.2, -0.15) is 5.26 Å². The summed E-state index contributed by atoms with van der Waals surface area (Å²) in [4.78, 5) is 19.6. The maximum Gasteiger partial charge on any atom is 0.274 e. The third-order valence-electron chi connectivity index (χ3n) is 2.42. The Hall–Kier alpha value is -2.94. The summed E-state index contributed by atoms with van der Waals surface area (Å²) in [7, 11) is 1.47. The molecule has 0 fully saturated rings. The van der Waals surface area contributed by atoms with Crippen molar-refractivity contribution in [1.82, 2.24) is 9.97 Å². The van der Waals surface area contributed by atoms with Crippen LogP contribution in [0.4, 0.5) is 5.69 Å². The number of nitrogens with zero attached hydrogens (tertiary/aromatic N) is 3. The minimum atomic E-state index is -0.427. The van der Waals surface area contributed by atoms with Gasteiger partial charge in [0.1, 0.15) is 29.5 Å². The fourth-order valence-corrected chi connectivity index (χ4v) is 1.53. The highest BCUT2D eigenvalue weighted by molar-refractivity contribution is 6.04. The van der Waals surface area contributed by atoms with Crippen molar-refractivity contribution in [1.29, 1.82) is 5.26 Å². The molecular weight excluding hydrogens is 244 g/mol. The Morgan fingerprint density at radius 3 is 2.89 bits per heavy atom. The van der Waals surface area contributed by atoms with Crippen molar-refractivity contribution in [3.8, 4) is 11.8 Å². The van der Waals surface area contributed by atoms with Crippen LogP contribution in [0.5, 0.6) is 5.75 Å². The molecule has 6 heteroatoms. The van der Waals surface area contributed by atoms with Gasteiger partial charge in [-0.15, -0.1) is 0 Å². The number of para-hydroxylation sites is 1. The fraction of sp³-hybridized carbons (Fsp3) is 0.0769. The number of nitriles is 1. The van der Waals surface area contributed by atoms with E-state index in [1.807, 2.05) is 6.07 Å². The summed E-state index contributed by atoms with van der Waals surface area (Å²) < 4.78 is 5.13. The molecule has 1 aromatic carbocycles. The lowest BCUT2D eigenvalue weighted by molar-refractivity contribution is 0.102. The summed E-state index contributed by atoms with van der Waals surface area (Å²) in [6.07, 6.45) is 2.75. The molecule has 0 aliphatic rings. The van der Waals surface area contributed by atoms with Gasteiger partial charge in [0.15, 0.2) is 0 Å². The number of aromatic nitrogens is 2. The standard InChI is InChI=1S/C13H10N4O2/c1-19-11-4-2-3-9(7-14)12(11)17-13(18)10-5-6-15-8-16-10/h2-6,8H,1H3,(H,17,18). The van der Waals surface area contributed by atoms with Crippen LogP contribution in [0.1, 0.15) is 16.1 Å². The van der Waals surface area contributed by atoms with E-state index in [0.29, 0.717) is 17.0 Å². The van der Waals surface area contributed by atoms with Crippen LogP contribution in [0.2, 0.25) is 0 Å². The first-order chi connectivity index (χ1) is 9.26. The van der Waals surface area contributed by atoms with Gasteiger partial charge >= 0.3 is 0 Å². The summed E-state index contributed by atoms with van der Waals surface area (Å²) in [6.45, 7) is 0. The maximum atomic E-state index is 12.0. The molecule has 1 amide bonds. The number of anilines is 1. The van der Waals surface area contributed by atoms with Gasteiger partial charge in [-0.3, -0.25) is 4.79 Å². The maximum absolute atomic E-state index is 12.0. The highest BCUT2D eigenvalue weighted by Crippen LogP contribution is 2.28. The zero-order valence-electron chi connectivity index (χ0n) is 10.1. The Morgan fingerprint density at radius 2 is 2.26 bits per heavy atom. The molecule has 0 aliphatic heterocycles. The summed E-state index contributed by atoms with van der Waals surface area (Å²) in [5.41, 5.74) is 0.864. The van der Waals surface area contributed by atoms with E-state index >= 15 is 0 Å². The van der Waals surface area contributed by atoms with Crippen LogP contribution in [0.15, 0.2) is 36.8 Å². The number of amides is 1. The van der Waals surface area contributed by atoms with Gasteiger partial charge in [-0.1, -0.05) is 6.07 Å². The van der Waals surface area contributed by atoms with Crippen LogP contribution < -0.4 is 10.1 Å². The van der Waals surface area contributed by atoms with Gasteiger partial charge in [0, 0.05) is 6.20 Å². The predicted molar refractivity (Wildman–Crippen MR) is 67.7 cm³/mol. The van der Waals surface area contributed by atoms with Gasteiger partial charge in [0.2, 0.25) is 0 Å². The summed E-state index contributed by atoms with van der Waals surface area (Å²) in [6, 6.07) is 8.42. The zero-order valence-corrected chi connectivity index (χ0v) is 10.1. The molecule has 0 unspecified atom stereocenters. The number of hydrogen-bond donors (Lipinski definition) is 1. The molecule has 0 saturated carbocycles.